The van der Waals surface area contributed by atoms with Crippen LogP contribution in [0.3, 0.4) is 0 Å². The van der Waals surface area contributed by atoms with Crippen LogP contribution in [0.15, 0.2) is 0 Å². The monoisotopic (exact) mass is 197 g/mol. The van der Waals surface area contributed by atoms with Gasteiger partial charge in [0.15, 0.2) is 0 Å². The maximum absolute atomic E-state index is 11.6. The fraction of sp³-hybridized carbons (Fsp3) is 0.857. The van der Waals surface area contributed by atoms with Gasteiger partial charge in [0.25, 0.3) is 0 Å². The zero-order chi connectivity index (χ0) is 9.90. The Morgan fingerprint density at radius 3 is 2.54 bits per heavy atom. The molecule has 0 aromatic heterocycles. The molecule has 1 atom stereocenters. The molecule has 0 radical (unpaired) electrons. The normalized spacial score (nSPS) is 24.1. The number of ether oxygens (including phenoxy) is 1. The van der Waals surface area contributed by atoms with Gasteiger partial charge in [0.05, 0.1) is 0 Å². The van der Waals surface area contributed by atoms with E-state index in [1.807, 2.05) is 0 Å². The molecule has 6 heteroatoms. The summed E-state index contributed by atoms with van der Waals surface area (Å²) in [7, 11) is 0. The van der Waals surface area contributed by atoms with Crippen LogP contribution in [0.4, 0.5) is 13.2 Å². The van der Waals surface area contributed by atoms with Gasteiger partial charge in [-0.3, -0.25) is 4.79 Å². The lowest BCUT2D eigenvalue weighted by molar-refractivity contribution is -0.306. The van der Waals surface area contributed by atoms with Crippen molar-refractivity contribution < 1.29 is 22.7 Å². The van der Waals surface area contributed by atoms with E-state index in [4.69, 9.17) is 0 Å². The van der Waals surface area contributed by atoms with Gasteiger partial charge in [-0.2, -0.15) is 0 Å². The predicted octanol–water partition coefficient (Wildman–Crippen LogP) is 1.19. The highest BCUT2D eigenvalue weighted by molar-refractivity contribution is 5.76. The minimum Gasteiger partial charge on any atom is -0.372 e. The van der Waals surface area contributed by atoms with Gasteiger partial charge < -0.3 is 10.1 Å². The van der Waals surface area contributed by atoms with Gasteiger partial charge in [-0.1, -0.05) is 6.42 Å². The van der Waals surface area contributed by atoms with Crippen LogP contribution >= 0.6 is 0 Å². The highest BCUT2D eigenvalue weighted by Gasteiger charge is 2.37. The second-order valence-electron chi connectivity index (χ2n) is 2.87. The van der Waals surface area contributed by atoms with Crippen LogP contribution in [0.25, 0.3) is 0 Å². The van der Waals surface area contributed by atoms with Crippen molar-refractivity contribution in [2.24, 2.45) is 0 Å². The van der Waals surface area contributed by atoms with Gasteiger partial charge in [-0.05, 0) is 19.4 Å². The Bertz CT molecular complexity index is 187. The van der Waals surface area contributed by atoms with Gasteiger partial charge in [0, 0.05) is 0 Å². The SMILES string of the molecule is O=C(OC(F)(F)F)[C@H]1CCCCN1. The van der Waals surface area contributed by atoms with Crippen LogP contribution in [0, 0.1) is 0 Å². The van der Waals surface area contributed by atoms with Gasteiger partial charge in [-0.25, -0.2) is 0 Å². The quantitative estimate of drug-likeness (QED) is 0.642. The first-order chi connectivity index (χ1) is 5.99. The molecule has 1 aliphatic rings. The van der Waals surface area contributed by atoms with Crippen molar-refractivity contribution in [1.29, 1.82) is 0 Å². The topological polar surface area (TPSA) is 38.3 Å². The summed E-state index contributed by atoms with van der Waals surface area (Å²) in [5.41, 5.74) is 0. The molecule has 0 spiro atoms. The van der Waals surface area contributed by atoms with E-state index in [9.17, 15) is 18.0 Å². The number of rotatable bonds is 1. The van der Waals surface area contributed by atoms with Crippen molar-refractivity contribution in [3.8, 4) is 0 Å². The highest BCUT2D eigenvalue weighted by Crippen LogP contribution is 2.19. The summed E-state index contributed by atoms with van der Waals surface area (Å²) in [5, 5.41) is 2.67. The molecule has 0 unspecified atom stereocenters. The van der Waals surface area contributed by atoms with Gasteiger partial charge >= 0.3 is 12.3 Å². The third-order valence-corrected chi connectivity index (χ3v) is 1.81. The van der Waals surface area contributed by atoms with Crippen molar-refractivity contribution in [2.75, 3.05) is 6.54 Å². The van der Waals surface area contributed by atoms with Gasteiger partial charge in [-0.15, -0.1) is 13.2 Å². The average Bonchev–Trinajstić information content (AvgIpc) is 2.03. The van der Waals surface area contributed by atoms with Crippen LogP contribution in [-0.4, -0.2) is 24.9 Å². The molecule has 0 aromatic carbocycles. The molecule has 0 amide bonds. The molecule has 0 bridgehead atoms. The number of carbonyl (C=O) groups excluding carboxylic acids is 1. The van der Waals surface area contributed by atoms with Crippen LogP contribution in [0.1, 0.15) is 19.3 Å². The van der Waals surface area contributed by atoms with Crippen molar-refractivity contribution >= 4 is 5.97 Å². The van der Waals surface area contributed by atoms with E-state index in [1.54, 1.807) is 0 Å². The van der Waals surface area contributed by atoms with Gasteiger partial charge in [0.1, 0.15) is 6.04 Å². The molecular formula is C7H10F3NO2. The van der Waals surface area contributed by atoms with E-state index in [0.29, 0.717) is 13.0 Å². The second-order valence-corrected chi connectivity index (χ2v) is 2.87. The summed E-state index contributed by atoms with van der Waals surface area (Å²) in [6, 6.07) is -0.796. The summed E-state index contributed by atoms with van der Waals surface area (Å²) in [6.07, 6.45) is -2.81. The molecule has 0 aromatic rings. The Morgan fingerprint density at radius 1 is 1.38 bits per heavy atom. The van der Waals surface area contributed by atoms with E-state index in [0.717, 1.165) is 12.8 Å². The second kappa shape index (κ2) is 3.95. The molecular weight excluding hydrogens is 187 g/mol. The third-order valence-electron chi connectivity index (χ3n) is 1.81. The van der Waals surface area contributed by atoms with Crippen molar-refractivity contribution in [2.45, 2.75) is 31.7 Å². The molecule has 1 aliphatic heterocycles. The fourth-order valence-corrected chi connectivity index (χ4v) is 1.24. The summed E-state index contributed by atoms with van der Waals surface area (Å²) in [6.45, 7) is 0.567. The van der Waals surface area contributed by atoms with E-state index in [1.165, 1.54) is 0 Å². The molecule has 1 N–H and O–H groups in total. The Hall–Kier alpha value is -0.780. The van der Waals surface area contributed by atoms with E-state index in [2.05, 4.69) is 10.1 Å². The number of esters is 1. The van der Waals surface area contributed by atoms with E-state index in [-0.39, 0.29) is 0 Å². The Morgan fingerprint density at radius 2 is 2.08 bits per heavy atom. The molecule has 1 fully saturated rings. The maximum Gasteiger partial charge on any atom is 0.575 e. The Balaban J connectivity index is 2.38. The molecule has 13 heavy (non-hydrogen) atoms. The predicted molar refractivity (Wildman–Crippen MR) is 37.8 cm³/mol. The number of halogens is 3. The number of hydrogen-bond donors (Lipinski definition) is 1. The third kappa shape index (κ3) is 3.63. The number of nitrogens with one attached hydrogen (secondary N) is 1. The smallest absolute Gasteiger partial charge is 0.372 e. The van der Waals surface area contributed by atoms with E-state index < -0.39 is 18.4 Å². The first-order valence-corrected chi connectivity index (χ1v) is 4.02. The fourth-order valence-electron chi connectivity index (χ4n) is 1.24. The zero-order valence-corrected chi connectivity index (χ0v) is 6.86. The standard InChI is InChI=1S/C7H10F3NO2/c8-7(9,10)13-6(12)5-3-1-2-4-11-5/h5,11H,1-4H2/t5-/m1/s1. The van der Waals surface area contributed by atoms with Crippen molar-refractivity contribution in [3.63, 3.8) is 0 Å². The minimum absolute atomic E-state index is 0.412. The Kier molecular flexibility index (Phi) is 3.13. The first kappa shape index (κ1) is 10.3. The molecule has 1 heterocycles. The Labute approximate surface area is 73.2 Å². The molecule has 1 saturated heterocycles. The first-order valence-electron chi connectivity index (χ1n) is 4.02. The average molecular weight is 197 g/mol. The molecule has 1 rings (SSSR count). The number of carbonyl (C=O) groups is 1. The molecule has 3 nitrogen and oxygen atoms in total. The van der Waals surface area contributed by atoms with E-state index >= 15 is 0 Å². The number of alkyl halides is 3. The molecule has 0 aliphatic carbocycles. The van der Waals surface area contributed by atoms with Crippen LogP contribution in [0.5, 0.6) is 0 Å². The summed E-state index contributed by atoms with van der Waals surface area (Å²) in [5.74, 6) is -1.23. The van der Waals surface area contributed by atoms with Crippen molar-refractivity contribution in [1.82, 2.24) is 5.32 Å². The highest BCUT2D eigenvalue weighted by atomic mass is 19.4. The number of hydrogen-bond acceptors (Lipinski definition) is 3. The largest absolute Gasteiger partial charge is 0.575 e. The van der Waals surface area contributed by atoms with Crippen LogP contribution in [0.2, 0.25) is 0 Å². The number of piperidine rings is 1. The molecule has 0 saturated carbocycles. The minimum atomic E-state index is -4.86. The lowest BCUT2D eigenvalue weighted by Gasteiger charge is -2.21. The maximum atomic E-state index is 11.6. The lowest BCUT2D eigenvalue weighted by Crippen LogP contribution is -2.43. The van der Waals surface area contributed by atoms with Crippen molar-refractivity contribution in [3.05, 3.63) is 0 Å². The van der Waals surface area contributed by atoms with Crippen LogP contribution in [-0.2, 0) is 9.53 Å². The van der Waals surface area contributed by atoms with Crippen LogP contribution < -0.4 is 5.32 Å². The summed E-state index contributed by atoms with van der Waals surface area (Å²) >= 11 is 0. The summed E-state index contributed by atoms with van der Waals surface area (Å²) in [4.78, 5) is 10.8. The lowest BCUT2D eigenvalue weighted by atomic mass is 10.1. The zero-order valence-electron chi connectivity index (χ0n) is 6.86. The summed E-state index contributed by atoms with van der Waals surface area (Å²) < 4.78 is 38.0. The molecule has 76 valence electrons. The van der Waals surface area contributed by atoms with Gasteiger partial charge in [0.2, 0.25) is 0 Å².